The summed E-state index contributed by atoms with van der Waals surface area (Å²) in [6, 6.07) is 9.76. The van der Waals surface area contributed by atoms with Gasteiger partial charge in [0.25, 0.3) is 11.8 Å². The van der Waals surface area contributed by atoms with E-state index in [0.29, 0.717) is 57.0 Å². The first-order valence-corrected chi connectivity index (χ1v) is 15.2. The Hall–Kier alpha value is -3.81. The van der Waals surface area contributed by atoms with E-state index in [-0.39, 0.29) is 34.1 Å². The van der Waals surface area contributed by atoms with E-state index in [4.69, 9.17) is 10.5 Å². The average Bonchev–Trinajstić information content (AvgIpc) is 3.33. The van der Waals surface area contributed by atoms with Gasteiger partial charge in [0.05, 0.1) is 40.7 Å². The van der Waals surface area contributed by atoms with Crippen molar-refractivity contribution in [3.63, 3.8) is 0 Å². The molecule has 1 fully saturated rings. The van der Waals surface area contributed by atoms with Crippen LogP contribution >= 0.6 is 0 Å². The van der Waals surface area contributed by atoms with E-state index < -0.39 is 21.8 Å². The van der Waals surface area contributed by atoms with Crippen LogP contribution in [0.15, 0.2) is 47.5 Å². The molecule has 3 N–H and O–H groups in total. The van der Waals surface area contributed by atoms with Crippen LogP contribution in [-0.4, -0.2) is 83.5 Å². The number of primary amides is 1. The molecule has 0 saturated carbocycles. The molecular weight excluding hydrogens is 546 g/mol. The Bertz CT molecular complexity index is 1480. The Morgan fingerprint density at radius 2 is 1.83 bits per heavy atom. The highest BCUT2D eigenvalue weighted by Gasteiger charge is 2.30. The fourth-order valence-electron chi connectivity index (χ4n) is 4.74. The van der Waals surface area contributed by atoms with Crippen molar-refractivity contribution in [2.75, 3.05) is 44.6 Å². The Morgan fingerprint density at radius 1 is 1.07 bits per heavy atom. The summed E-state index contributed by atoms with van der Waals surface area (Å²) in [5, 5.41) is 7.16. The van der Waals surface area contributed by atoms with Crippen LogP contribution in [0.5, 0.6) is 5.75 Å². The lowest BCUT2D eigenvalue weighted by atomic mass is 10.1. The van der Waals surface area contributed by atoms with Gasteiger partial charge >= 0.3 is 0 Å². The Morgan fingerprint density at radius 3 is 2.44 bits per heavy atom. The van der Waals surface area contributed by atoms with Gasteiger partial charge in [0.2, 0.25) is 10.0 Å². The number of pyridine rings is 1. The van der Waals surface area contributed by atoms with E-state index in [2.05, 4.69) is 20.3 Å². The molecule has 0 aliphatic carbocycles. The van der Waals surface area contributed by atoms with E-state index in [9.17, 15) is 18.0 Å². The van der Waals surface area contributed by atoms with Crippen LogP contribution in [0.3, 0.4) is 0 Å². The first-order valence-electron chi connectivity index (χ1n) is 13.8. The number of carbonyl (C=O) groups excluding carboxylic acids is 2. The van der Waals surface area contributed by atoms with Crippen molar-refractivity contribution in [2.24, 2.45) is 5.73 Å². The number of aromatic nitrogens is 3. The number of carbonyl (C=O) groups is 2. The van der Waals surface area contributed by atoms with Gasteiger partial charge in [-0.3, -0.25) is 19.3 Å². The summed E-state index contributed by atoms with van der Waals surface area (Å²) in [7, 11) is -3.85. The predicted octanol–water partition coefficient (Wildman–Crippen LogP) is 2.36. The predicted molar refractivity (Wildman–Crippen MR) is 155 cm³/mol. The van der Waals surface area contributed by atoms with Gasteiger partial charge < -0.3 is 20.7 Å². The van der Waals surface area contributed by atoms with Gasteiger partial charge in [-0.1, -0.05) is 26.8 Å². The topological polar surface area (TPSA) is 153 Å². The molecule has 0 unspecified atom stereocenters. The number of likely N-dealkylation sites (N-methyl/N-ethyl adjacent to an activating group) is 1. The van der Waals surface area contributed by atoms with E-state index >= 15 is 0 Å². The molecule has 1 aliphatic rings. The molecule has 0 spiro atoms. The first kappa shape index (κ1) is 30.2. The number of amides is 2. The highest BCUT2D eigenvalue weighted by atomic mass is 32.2. The highest BCUT2D eigenvalue weighted by molar-refractivity contribution is 7.89. The van der Waals surface area contributed by atoms with Crippen LogP contribution < -0.4 is 15.8 Å². The molecule has 41 heavy (non-hydrogen) atoms. The highest BCUT2D eigenvalue weighted by Crippen LogP contribution is 2.29. The molecule has 12 nitrogen and oxygen atoms in total. The normalized spacial score (nSPS) is 14.6. The standard InChI is InChI=1S/C28H37N7O5S/c1-4-17-40-24-11-10-21(41(38,39)34-15-13-33(6-3)14-16-34)18-22(24)28(37)31-25-23(5-2)35(32-26(25)27(29)36)19-20-9-7-8-12-30-20/h7-12,18H,4-6,13-17,19H2,1-3H3,(H2,29,36)(H,31,37). The number of benzene rings is 1. The van der Waals surface area contributed by atoms with Crippen LogP contribution in [0.1, 0.15) is 59.4 Å². The number of piperazine rings is 1. The Kier molecular flexibility index (Phi) is 9.73. The zero-order valence-electron chi connectivity index (χ0n) is 23.7. The van der Waals surface area contributed by atoms with E-state index in [1.807, 2.05) is 32.9 Å². The minimum absolute atomic E-state index is 0.00636. The summed E-state index contributed by atoms with van der Waals surface area (Å²) in [5.41, 5.74) is 7.04. The number of anilines is 1. The average molecular weight is 584 g/mol. The lowest BCUT2D eigenvalue weighted by Gasteiger charge is -2.33. The lowest BCUT2D eigenvalue weighted by molar-refractivity contribution is 0.0995. The van der Waals surface area contributed by atoms with Crippen molar-refractivity contribution >= 4 is 27.5 Å². The first-order chi connectivity index (χ1) is 19.7. The molecule has 1 aliphatic heterocycles. The number of nitrogens with zero attached hydrogens (tertiary/aromatic N) is 5. The maximum Gasteiger partial charge on any atom is 0.271 e. The maximum absolute atomic E-state index is 13.7. The van der Waals surface area contributed by atoms with Crippen LogP contribution in [0.25, 0.3) is 0 Å². The number of sulfonamides is 1. The monoisotopic (exact) mass is 583 g/mol. The Labute approximate surface area is 240 Å². The fourth-order valence-corrected chi connectivity index (χ4v) is 6.19. The zero-order valence-corrected chi connectivity index (χ0v) is 24.5. The van der Waals surface area contributed by atoms with E-state index in [1.165, 1.54) is 22.5 Å². The van der Waals surface area contributed by atoms with Crippen LogP contribution in [0, 0.1) is 0 Å². The van der Waals surface area contributed by atoms with Gasteiger partial charge in [-0.15, -0.1) is 0 Å². The second kappa shape index (κ2) is 13.2. The van der Waals surface area contributed by atoms with Crippen molar-refractivity contribution in [1.29, 1.82) is 0 Å². The molecule has 0 bridgehead atoms. The molecule has 4 rings (SSSR count). The minimum atomic E-state index is -3.85. The smallest absolute Gasteiger partial charge is 0.271 e. The number of nitrogens with one attached hydrogen (secondary N) is 1. The van der Waals surface area contributed by atoms with Gasteiger partial charge in [0.15, 0.2) is 5.69 Å². The number of hydrogen-bond acceptors (Lipinski definition) is 8. The third-order valence-corrected chi connectivity index (χ3v) is 8.87. The summed E-state index contributed by atoms with van der Waals surface area (Å²) in [6.07, 6.45) is 2.78. The van der Waals surface area contributed by atoms with Crippen molar-refractivity contribution in [3.05, 3.63) is 65.2 Å². The van der Waals surface area contributed by atoms with E-state index in [1.54, 1.807) is 16.9 Å². The van der Waals surface area contributed by atoms with Gasteiger partial charge in [0.1, 0.15) is 5.75 Å². The summed E-state index contributed by atoms with van der Waals surface area (Å²) < 4.78 is 35.9. The molecule has 0 atom stereocenters. The van der Waals surface area contributed by atoms with Crippen molar-refractivity contribution < 1.29 is 22.7 Å². The number of nitrogens with two attached hydrogens (primary N) is 1. The van der Waals surface area contributed by atoms with Crippen molar-refractivity contribution in [1.82, 2.24) is 24.0 Å². The summed E-state index contributed by atoms with van der Waals surface area (Å²) in [4.78, 5) is 32.6. The van der Waals surface area contributed by atoms with Gasteiger partial charge in [-0.2, -0.15) is 9.40 Å². The molecular formula is C28H37N7O5S. The molecule has 2 aromatic heterocycles. The number of ether oxygens (including phenoxy) is 1. The second-order valence-electron chi connectivity index (χ2n) is 9.67. The summed E-state index contributed by atoms with van der Waals surface area (Å²) in [6.45, 7) is 9.30. The molecule has 0 radical (unpaired) electrons. The number of hydrogen-bond donors (Lipinski definition) is 2. The van der Waals surface area contributed by atoms with Crippen LogP contribution in [0.4, 0.5) is 5.69 Å². The van der Waals surface area contributed by atoms with Gasteiger partial charge in [-0.05, 0) is 49.7 Å². The van der Waals surface area contributed by atoms with E-state index in [0.717, 1.165) is 6.54 Å². The number of rotatable bonds is 12. The zero-order chi connectivity index (χ0) is 29.6. The fraction of sp³-hybridized carbons (Fsp3) is 0.429. The quantitative estimate of drug-likeness (QED) is 0.330. The molecule has 1 saturated heterocycles. The van der Waals surface area contributed by atoms with Crippen molar-refractivity contribution in [2.45, 2.75) is 45.1 Å². The summed E-state index contributed by atoms with van der Waals surface area (Å²) >= 11 is 0. The molecule has 2 amide bonds. The van der Waals surface area contributed by atoms with Crippen molar-refractivity contribution in [3.8, 4) is 5.75 Å². The summed E-state index contributed by atoms with van der Waals surface area (Å²) in [5.74, 6) is -1.21. The molecule has 220 valence electrons. The van der Waals surface area contributed by atoms with Crippen LogP contribution in [0.2, 0.25) is 0 Å². The third-order valence-electron chi connectivity index (χ3n) is 6.98. The van der Waals surface area contributed by atoms with Gasteiger partial charge in [-0.25, -0.2) is 8.42 Å². The minimum Gasteiger partial charge on any atom is -0.493 e. The van der Waals surface area contributed by atoms with Crippen LogP contribution in [-0.2, 0) is 23.0 Å². The molecule has 3 aromatic rings. The lowest BCUT2D eigenvalue weighted by Crippen LogP contribution is -2.48. The maximum atomic E-state index is 13.7. The Balaban J connectivity index is 1.69. The molecule has 1 aromatic carbocycles. The third kappa shape index (κ3) is 6.75. The largest absolute Gasteiger partial charge is 0.493 e. The SMILES string of the molecule is CCCOc1ccc(S(=O)(=O)N2CCN(CC)CC2)cc1C(=O)Nc1c(C(N)=O)nn(Cc2ccccn2)c1CC. The van der Waals surface area contributed by atoms with Gasteiger partial charge in [0, 0.05) is 32.4 Å². The molecule has 13 heteroatoms. The second-order valence-corrected chi connectivity index (χ2v) is 11.6. The molecule has 3 heterocycles.